The number of amides is 2. The van der Waals surface area contributed by atoms with Crippen molar-refractivity contribution in [2.45, 2.75) is 115 Å². The van der Waals surface area contributed by atoms with Gasteiger partial charge in [-0.1, -0.05) is 74.5 Å². The lowest BCUT2D eigenvalue weighted by atomic mass is 9.97. The number of nitrogens with one attached hydrogen (secondary N) is 1. The standard InChI is InChI=1S/C37H47N5O5S/c1-5-6-17-33-38-37(20-11-12-21-37)36(44)42(33)24-28-18-19-29(31(22-28)41(4)34(43)23-27-13-7-8-14-27)30-15-9-10-16-32(30)48(45,46)40-35-25(2)26(3)39-47-35/h9-10,15-16,18-19,22,27,40H,5-8,11-14,17,20-21,23-24H2,1-4H3. The van der Waals surface area contributed by atoms with Crippen molar-refractivity contribution >= 4 is 39.2 Å². The van der Waals surface area contributed by atoms with E-state index in [0.717, 1.165) is 82.0 Å². The highest BCUT2D eigenvalue weighted by Gasteiger charge is 2.49. The zero-order valence-corrected chi connectivity index (χ0v) is 29.4. The second kappa shape index (κ2) is 13.9. The molecule has 1 aliphatic heterocycles. The first-order valence-corrected chi connectivity index (χ1v) is 18.9. The van der Waals surface area contributed by atoms with Gasteiger partial charge in [-0.15, -0.1) is 0 Å². The Hall–Kier alpha value is -3.99. The highest BCUT2D eigenvalue weighted by atomic mass is 32.2. The third kappa shape index (κ3) is 6.66. The number of amidine groups is 1. The van der Waals surface area contributed by atoms with E-state index in [2.05, 4.69) is 16.8 Å². The van der Waals surface area contributed by atoms with Crippen molar-refractivity contribution < 1.29 is 22.5 Å². The van der Waals surface area contributed by atoms with E-state index < -0.39 is 15.6 Å². The van der Waals surface area contributed by atoms with Crippen LogP contribution in [-0.2, 0) is 26.2 Å². The van der Waals surface area contributed by atoms with Crippen molar-refractivity contribution in [3.8, 4) is 11.1 Å². The highest BCUT2D eigenvalue weighted by molar-refractivity contribution is 7.92. The molecule has 2 aliphatic carbocycles. The first kappa shape index (κ1) is 33.9. The summed E-state index contributed by atoms with van der Waals surface area (Å²) >= 11 is 0. The van der Waals surface area contributed by atoms with E-state index >= 15 is 0 Å². The predicted molar refractivity (Wildman–Crippen MR) is 187 cm³/mol. The van der Waals surface area contributed by atoms with Crippen LogP contribution in [0.1, 0.15) is 101 Å². The van der Waals surface area contributed by atoms with Gasteiger partial charge in [-0.3, -0.25) is 19.5 Å². The quantitative estimate of drug-likeness (QED) is 0.212. The Morgan fingerprint density at radius 3 is 2.48 bits per heavy atom. The van der Waals surface area contributed by atoms with E-state index in [0.29, 0.717) is 47.0 Å². The molecule has 256 valence electrons. The van der Waals surface area contributed by atoms with Crippen LogP contribution in [-0.4, -0.2) is 48.7 Å². The minimum absolute atomic E-state index is 0.0149. The molecule has 3 aliphatic rings. The van der Waals surface area contributed by atoms with E-state index in [1.165, 1.54) is 0 Å². The van der Waals surface area contributed by atoms with E-state index in [4.69, 9.17) is 9.52 Å². The van der Waals surface area contributed by atoms with Gasteiger partial charge in [0, 0.05) is 36.6 Å². The number of carbonyl (C=O) groups excluding carboxylic acids is 2. The van der Waals surface area contributed by atoms with Gasteiger partial charge in [-0.05, 0) is 69.6 Å². The average Bonchev–Trinajstić information content (AvgIpc) is 3.88. The number of aliphatic imine (C=N–C) groups is 1. The molecule has 2 amide bonds. The summed E-state index contributed by atoms with van der Waals surface area (Å²) in [6, 6.07) is 12.5. The number of carbonyl (C=O) groups is 2. The molecule has 11 heteroatoms. The van der Waals surface area contributed by atoms with E-state index in [9.17, 15) is 18.0 Å². The zero-order chi connectivity index (χ0) is 34.1. The van der Waals surface area contributed by atoms with Crippen molar-refractivity contribution in [1.82, 2.24) is 10.1 Å². The van der Waals surface area contributed by atoms with Crippen LogP contribution >= 0.6 is 0 Å². The topological polar surface area (TPSA) is 125 Å². The zero-order valence-electron chi connectivity index (χ0n) is 28.5. The second-order valence-electron chi connectivity index (χ2n) is 13.7. The van der Waals surface area contributed by atoms with Gasteiger partial charge in [-0.2, -0.15) is 0 Å². The van der Waals surface area contributed by atoms with Crippen molar-refractivity contribution in [1.29, 1.82) is 0 Å². The Morgan fingerprint density at radius 2 is 1.79 bits per heavy atom. The molecule has 2 saturated carbocycles. The molecule has 3 aromatic rings. The molecular weight excluding hydrogens is 627 g/mol. The second-order valence-corrected chi connectivity index (χ2v) is 15.4. The fourth-order valence-electron chi connectivity index (χ4n) is 7.41. The van der Waals surface area contributed by atoms with Crippen LogP contribution in [0.5, 0.6) is 0 Å². The van der Waals surface area contributed by atoms with Gasteiger partial charge in [-0.25, -0.2) is 13.1 Å². The third-order valence-corrected chi connectivity index (χ3v) is 11.8. The maximum atomic E-state index is 13.9. The molecule has 1 aromatic heterocycles. The Bertz CT molecular complexity index is 1820. The van der Waals surface area contributed by atoms with Crippen LogP contribution in [0.3, 0.4) is 0 Å². The summed E-state index contributed by atoms with van der Waals surface area (Å²) in [6.07, 6.45) is 11.1. The minimum Gasteiger partial charge on any atom is -0.337 e. The number of anilines is 2. The Labute approximate surface area is 284 Å². The van der Waals surface area contributed by atoms with Crippen molar-refractivity contribution in [3.05, 3.63) is 59.3 Å². The fraction of sp³-hybridized carbons (Fsp3) is 0.514. The largest absolute Gasteiger partial charge is 0.337 e. The lowest BCUT2D eigenvalue weighted by molar-refractivity contribution is -0.131. The number of benzene rings is 2. The Morgan fingerprint density at radius 1 is 1.06 bits per heavy atom. The molecule has 48 heavy (non-hydrogen) atoms. The number of aromatic nitrogens is 1. The molecule has 0 radical (unpaired) electrons. The Kier molecular flexibility index (Phi) is 9.79. The normalized spacial score (nSPS) is 17.8. The number of aryl methyl sites for hydroxylation is 1. The van der Waals surface area contributed by atoms with Gasteiger partial charge in [0.15, 0.2) is 0 Å². The summed E-state index contributed by atoms with van der Waals surface area (Å²) in [7, 11) is -2.34. The molecule has 0 unspecified atom stereocenters. The molecule has 0 bridgehead atoms. The van der Waals surface area contributed by atoms with Crippen molar-refractivity contribution in [2.24, 2.45) is 10.9 Å². The molecular formula is C37H47N5O5S. The SMILES string of the molecule is CCCCC1=NC2(CCCC2)C(=O)N1Cc1ccc(-c2ccccc2S(=O)(=O)Nc2onc(C)c2C)c(N(C)C(=O)CC2CCCC2)c1. The molecule has 6 rings (SSSR count). The smallest absolute Gasteiger partial charge is 0.264 e. The highest BCUT2D eigenvalue weighted by Crippen LogP contribution is 2.42. The first-order chi connectivity index (χ1) is 23.0. The van der Waals surface area contributed by atoms with E-state index in [-0.39, 0.29) is 22.6 Å². The van der Waals surface area contributed by atoms with Crippen LogP contribution in [0, 0.1) is 19.8 Å². The molecule has 1 N–H and O–H groups in total. The molecule has 0 saturated heterocycles. The number of nitrogens with zero attached hydrogens (tertiary/aromatic N) is 4. The molecule has 10 nitrogen and oxygen atoms in total. The molecule has 0 atom stereocenters. The van der Waals surface area contributed by atoms with Crippen LogP contribution < -0.4 is 9.62 Å². The number of sulfonamides is 1. The summed E-state index contributed by atoms with van der Waals surface area (Å²) in [5, 5.41) is 3.89. The fourth-order valence-corrected chi connectivity index (χ4v) is 8.67. The van der Waals surface area contributed by atoms with Crippen molar-refractivity contribution in [3.63, 3.8) is 0 Å². The van der Waals surface area contributed by atoms with E-state index in [1.54, 1.807) is 50.1 Å². The molecule has 2 fully saturated rings. The van der Waals surface area contributed by atoms with Crippen LogP contribution in [0.4, 0.5) is 11.6 Å². The number of hydrogen-bond donors (Lipinski definition) is 1. The van der Waals surface area contributed by atoms with Gasteiger partial charge < -0.3 is 9.42 Å². The van der Waals surface area contributed by atoms with Gasteiger partial charge in [0.05, 0.1) is 22.8 Å². The monoisotopic (exact) mass is 673 g/mol. The summed E-state index contributed by atoms with van der Waals surface area (Å²) in [5.74, 6) is 1.32. The maximum Gasteiger partial charge on any atom is 0.264 e. The molecule has 2 heterocycles. The Balaban J connectivity index is 1.39. The maximum absolute atomic E-state index is 13.9. The predicted octanol–water partition coefficient (Wildman–Crippen LogP) is 7.55. The summed E-state index contributed by atoms with van der Waals surface area (Å²) in [5.41, 5.74) is 3.07. The summed E-state index contributed by atoms with van der Waals surface area (Å²) < 4.78 is 35.5. The van der Waals surface area contributed by atoms with Crippen LogP contribution in [0.2, 0.25) is 0 Å². The van der Waals surface area contributed by atoms with Gasteiger partial charge in [0.1, 0.15) is 11.4 Å². The van der Waals surface area contributed by atoms with Gasteiger partial charge in [0.2, 0.25) is 11.8 Å². The lowest BCUT2D eigenvalue weighted by Crippen LogP contribution is -2.40. The number of rotatable bonds is 12. The lowest BCUT2D eigenvalue weighted by Gasteiger charge is -2.26. The number of unbranched alkanes of at least 4 members (excludes halogenated alkanes) is 1. The molecule has 2 aromatic carbocycles. The average molecular weight is 674 g/mol. The van der Waals surface area contributed by atoms with Gasteiger partial charge in [0.25, 0.3) is 15.9 Å². The summed E-state index contributed by atoms with van der Waals surface area (Å²) in [4.78, 5) is 36.3. The summed E-state index contributed by atoms with van der Waals surface area (Å²) in [6.45, 7) is 5.97. The minimum atomic E-state index is -4.10. The van der Waals surface area contributed by atoms with Crippen molar-refractivity contribution in [2.75, 3.05) is 16.7 Å². The number of hydrogen-bond acceptors (Lipinski definition) is 7. The van der Waals surface area contributed by atoms with Crippen LogP contribution in [0.25, 0.3) is 11.1 Å². The molecule has 1 spiro atoms. The van der Waals surface area contributed by atoms with Crippen LogP contribution in [0.15, 0.2) is 56.9 Å². The van der Waals surface area contributed by atoms with E-state index in [1.807, 2.05) is 23.1 Å². The van der Waals surface area contributed by atoms with Gasteiger partial charge >= 0.3 is 0 Å². The first-order valence-electron chi connectivity index (χ1n) is 17.4. The third-order valence-electron chi connectivity index (χ3n) is 10.4.